The molecule has 2 heterocycles. The second kappa shape index (κ2) is 7.68. The second-order valence-electron chi connectivity index (χ2n) is 6.18. The zero-order valence-corrected chi connectivity index (χ0v) is 13.9. The first-order chi connectivity index (χ1) is 10.3. The highest BCUT2D eigenvalue weighted by Crippen LogP contribution is 2.22. The lowest BCUT2D eigenvalue weighted by atomic mass is 10.2. The van der Waals surface area contributed by atoms with Crippen molar-refractivity contribution in [2.24, 2.45) is 0 Å². The van der Waals surface area contributed by atoms with Gasteiger partial charge in [-0.25, -0.2) is 4.98 Å². The van der Waals surface area contributed by atoms with Crippen molar-refractivity contribution in [1.82, 2.24) is 15.2 Å². The number of morpholine rings is 1. The lowest BCUT2D eigenvalue weighted by Gasteiger charge is -2.25. The Morgan fingerprint density at radius 3 is 2.81 bits per heavy atom. The van der Waals surface area contributed by atoms with Crippen LogP contribution in [0.3, 0.4) is 0 Å². The van der Waals surface area contributed by atoms with E-state index in [-0.39, 0.29) is 0 Å². The van der Waals surface area contributed by atoms with Gasteiger partial charge >= 0.3 is 0 Å². The van der Waals surface area contributed by atoms with Crippen LogP contribution >= 0.6 is 11.3 Å². The standard InChI is InChI=1S/C16H27N3OS/c1-13-15(12-17-14-4-2-3-5-14)21-16(18-13)6-7-19-8-10-20-11-9-19/h14,17H,2-12H2,1H3. The van der Waals surface area contributed by atoms with Crippen molar-refractivity contribution in [2.45, 2.75) is 51.6 Å². The topological polar surface area (TPSA) is 37.4 Å². The van der Waals surface area contributed by atoms with E-state index in [1.54, 1.807) is 0 Å². The van der Waals surface area contributed by atoms with Crippen LogP contribution in [0.1, 0.15) is 41.3 Å². The summed E-state index contributed by atoms with van der Waals surface area (Å²) < 4.78 is 5.39. The fourth-order valence-corrected chi connectivity index (χ4v) is 4.21. The van der Waals surface area contributed by atoms with E-state index >= 15 is 0 Å². The number of hydrogen-bond donors (Lipinski definition) is 1. The zero-order valence-electron chi connectivity index (χ0n) is 13.1. The number of nitrogens with zero attached hydrogens (tertiary/aromatic N) is 2. The fourth-order valence-electron chi connectivity index (χ4n) is 3.20. The minimum Gasteiger partial charge on any atom is -0.379 e. The molecule has 0 spiro atoms. The average Bonchev–Trinajstić information content (AvgIpc) is 3.14. The predicted octanol–water partition coefficient (Wildman–Crippen LogP) is 2.36. The van der Waals surface area contributed by atoms with Crippen molar-refractivity contribution in [1.29, 1.82) is 0 Å². The third-order valence-electron chi connectivity index (χ3n) is 4.59. The number of thiazole rings is 1. The molecule has 4 nitrogen and oxygen atoms in total. The number of nitrogens with one attached hydrogen (secondary N) is 1. The highest BCUT2D eigenvalue weighted by molar-refractivity contribution is 7.11. The molecule has 2 aliphatic rings. The Morgan fingerprint density at radius 2 is 2.05 bits per heavy atom. The SMILES string of the molecule is Cc1nc(CCN2CCOCC2)sc1CNC1CCCC1. The molecule has 21 heavy (non-hydrogen) atoms. The lowest BCUT2D eigenvalue weighted by molar-refractivity contribution is 0.0384. The van der Waals surface area contributed by atoms with E-state index in [0.717, 1.165) is 51.9 Å². The molecule has 1 N–H and O–H groups in total. The summed E-state index contributed by atoms with van der Waals surface area (Å²) >= 11 is 1.90. The van der Waals surface area contributed by atoms with E-state index in [4.69, 9.17) is 9.72 Å². The van der Waals surface area contributed by atoms with Crippen LogP contribution < -0.4 is 5.32 Å². The molecule has 3 rings (SSSR count). The van der Waals surface area contributed by atoms with Gasteiger partial charge in [0.05, 0.1) is 23.9 Å². The van der Waals surface area contributed by atoms with Crippen LogP contribution in [0.2, 0.25) is 0 Å². The molecule has 0 aromatic carbocycles. The Kier molecular flexibility index (Phi) is 5.63. The molecule has 1 aliphatic carbocycles. The van der Waals surface area contributed by atoms with Crippen molar-refractivity contribution in [2.75, 3.05) is 32.8 Å². The maximum absolute atomic E-state index is 5.39. The highest BCUT2D eigenvalue weighted by Gasteiger charge is 2.16. The predicted molar refractivity (Wildman–Crippen MR) is 86.9 cm³/mol. The Bertz CT molecular complexity index is 437. The Hall–Kier alpha value is -0.490. The van der Waals surface area contributed by atoms with E-state index in [9.17, 15) is 0 Å². The summed E-state index contributed by atoms with van der Waals surface area (Å²) in [6.07, 6.45) is 6.56. The fraction of sp³-hybridized carbons (Fsp3) is 0.812. The molecule has 0 radical (unpaired) electrons. The molecule has 1 aromatic heterocycles. The van der Waals surface area contributed by atoms with Crippen molar-refractivity contribution < 1.29 is 4.74 Å². The van der Waals surface area contributed by atoms with Crippen molar-refractivity contribution in [3.8, 4) is 0 Å². The molecule has 1 aliphatic heterocycles. The van der Waals surface area contributed by atoms with Crippen LogP contribution in [0.25, 0.3) is 0 Å². The van der Waals surface area contributed by atoms with Gasteiger partial charge in [0, 0.05) is 43.5 Å². The molecule has 118 valence electrons. The molecule has 0 atom stereocenters. The van der Waals surface area contributed by atoms with Crippen LogP contribution in [0.5, 0.6) is 0 Å². The third-order valence-corrected chi connectivity index (χ3v) is 5.81. The van der Waals surface area contributed by atoms with Crippen LogP contribution in [-0.4, -0.2) is 48.8 Å². The minimum absolute atomic E-state index is 0.739. The van der Waals surface area contributed by atoms with E-state index in [1.807, 2.05) is 11.3 Å². The van der Waals surface area contributed by atoms with Crippen molar-refractivity contribution in [3.05, 3.63) is 15.6 Å². The Labute approximate surface area is 131 Å². The van der Waals surface area contributed by atoms with Crippen molar-refractivity contribution >= 4 is 11.3 Å². The zero-order chi connectivity index (χ0) is 14.5. The van der Waals surface area contributed by atoms with Gasteiger partial charge in [0.15, 0.2) is 0 Å². The van der Waals surface area contributed by atoms with Crippen LogP contribution in [0.15, 0.2) is 0 Å². The van der Waals surface area contributed by atoms with Crippen LogP contribution in [-0.2, 0) is 17.7 Å². The summed E-state index contributed by atoms with van der Waals surface area (Å²) in [5.41, 5.74) is 1.22. The summed E-state index contributed by atoms with van der Waals surface area (Å²) in [7, 11) is 0. The summed E-state index contributed by atoms with van der Waals surface area (Å²) in [5.74, 6) is 0. The van der Waals surface area contributed by atoms with Crippen molar-refractivity contribution in [3.63, 3.8) is 0 Å². The van der Waals surface area contributed by atoms with Gasteiger partial charge in [-0.15, -0.1) is 11.3 Å². The lowest BCUT2D eigenvalue weighted by Crippen LogP contribution is -2.37. The first kappa shape index (κ1) is 15.4. The largest absolute Gasteiger partial charge is 0.379 e. The van der Waals surface area contributed by atoms with E-state index in [1.165, 1.54) is 41.3 Å². The molecule has 5 heteroatoms. The van der Waals surface area contributed by atoms with E-state index < -0.39 is 0 Å². The maximum atomic E-state index is 5.39. The maximum Gasteiger partial charge on any atom is 0.0944 e. The summed E-state index contributed by atoms with van der Waals surface area (Å²) in [6.45, 7) is 8.18. The third kappa shape index (κ3) is 4.49. The monoisotopic (exact) mass is 309 g/mol. The molecule has 0 bridgehead atoms. The minimum atomic E-state index is 0.739. The van der Waals surface area contributed by atoms with Gasteiger partial charge in [-0.2, -0.15) is 0 Å². The summed E-state index contributed by atoms with van der Waals surface area (Å²) in [4.78, 5) is 8.67. The highest BCUT2D eigenvalue weighted by atomic mass is 32.1. The van der Waals surface area contributed by atoms with Gasteiger partial charge in [-0.1, -0.05) is 12.8 Å². The van der Waals surface area contributed by atoms with Gasteiger partial charge in [-0.05, 0) is 19.8 Å². The van der Waals surface area contributed by atoms with Gasteiger partial charge in [-0.3, -0.25) is 4.90 Å². The van der Waals surface area contributed by atoms with Gasteiger partial charge in [0.2, 0.25) is 0 Å². The number of ether oxygens (including phenoxy) is 1. The number of aromatic nitrogens is 1. The molecule has 1 aromatic rings. The van der Waals surface area contributed by atoms with Crippen LogP contribution in [0, 0.1) is 6.92 Å². The molecule has 2 fully saturated rings. The first-order valence-electron chi connectivity index (χ1n) is 8.30. The quantitative estimate of drug-likeness (QED) is 0.875. The number of hydrogen-bond acceptors (Lipinski definition) is 5. The average molecular weight is 309 g/mol. The van der Waals surface area contributed by atoms with E-state index in [0.29, 0.717) is 0 Å². The normalized spacial score (nSPS) is 21.2. The summed E-state index contributed by atoms with van der Waals surface area (Å²) in [5, 5.41) is 4.99. The van der Waals surface area contributed by atoms with E-state index in [2.05, 4.69) is 17.1 Å². The number of aryl methyl sites for hydroxylation is 1. The van der Waals surface area contributed by atoms with Gasteiger partial charge in [0.1, 0.15) is 0 Å². The molecular formula is C16H27N3OS. The molecule has 1 saturated carbocycles. The van der Waals surface area contributed by atoms with Gasteiger partial charge < -0.3 is 10.1 Å². The Morgan fingerprint density at radius 1 is 1.29 bits per heavy atom. The van der Waals surface area contributed by atoms with Crippen LogP contribution in [0.4, 0.5) is 0 Å². The molecule has 0 amide bonds. The molecule has 0 unspecified atom stereocenters. The molecular weight excluding hydrogens is 282 g/mol. The molecule has 1 saturated heterocycles. The second-order valence-corrected chi connectivity index (χ2v) is 7.35. The Balaban J connectivity index is 1.46. The first-order valence-corrected chi connectivity index (χ1v) is 9.11. The van der Waals surface area contributed by atoms with Gasteiger partial charge in [0.25, 0.3) is 0 Å². The number of rotatable bonds is 6. The smallest absolute Gasteiger partial charge is 0.0944 e. The summed E-state index contributed by atoms with van der Waals surface area (Å²) in [6, 6.07) is 0.739.